The predicted molar refractivity (Wildman–Crippen MR) is 71.8 cm³/mol. The summed E-state index contributed by atoms with van der Waals surface area (Å²) < 4.78 is 0. The topological polar surface area (TPSA) is 26.0 Å². The molecule has 1 aliphatic rings. The standard InChI is InChI=1S/C16H17N/c17-16-10-15(11-16)14-8-6-13(7-9-14)12-4-2-1-3-5-12/h1-9,15-16H,10-11,17H2. The van der Waals surface area contributed by atoms with E-state index in [-0.39, 0.29) is 0 Å². The van der Waals surface area contributed by atoms with Crippen LogP contribution in [0.3, 0.4) is 0 Å². The van der Waals surface area contributed by atoms with Crippen LogP contribution < -0.4 is 5.73 Å². The Labute approximate surface area is 102 Å². The average molecular weight is 223 g/mol. The highest BCUT2D eigenvalue weighted by Gasteiger charge is 2.26. The van der Waals surface area contributed by atoms with Crippen LogP contribution in [-0.2, 0) is 0 Å². The maximum absolute atomic E-state index is 5.83. The largest absolute Gasteiger partial charge is 0.328 e. The molecule has 86 valence electrons. The van der Waals surface area contributed by atoms with Gasteiger partial charge >= 0.3 is 0 Å². The molecule has 0 saturated heterocycles. The molecule has 2 aromatic rings. The van der Waals surface area contributed by atoms with Gasteiger partial charge in [-0.1, -0.05) is 54.6 Å². The molecule has 0 heterocycles. The van der Waals surface area contributed by atoms with Gasteiger partial charge in [-0.05, 0) is 35.4 Å². The van der Waals surface area contributed by atoms with Crippen LogP contribution in [0.2, 0.25) is 0 Å². The molecule has 17 heavy (non-hydrogen) atoms. The second-order valence-corrected chi connectivity index (χ2v) is 4.92. The molecule has 0 bridgehead atoms. The second-order valence-electron chi connectivity index (χ2n) is 4.92. The van der Waals surface area contributed by atoms with Gasteiger partial charge in [-0.2, -0.15) is 0 Å². The van der Waals surface area contributed by atoms with E-state index < -0.39 is 0 Å². The van der Waals surface area contributed by atoms with Gasteiger partial charge in [-0.15, -0.1) is 0 Å². The number of benzene rings is 2. The lowest BCUT2D eigenvalue weighted by molar-refractivity contribution is 0.351. The van der Waals surface area contributed by atoms with Gasteiger partial charge in [0.2, 0.25) is 0 Å². The van der Waals surface area contributed by atoms with E-state index in [1.54, 1.807) is 0 Å². The molecule has 0 radical (unpaired) electrons. The summed E-state index contributed by atoms with van der Waals surface area (Å²) in [5, 5.41) is 0. The van der Waals surface area contributed by atoms with Crippen LogP contribution in [-0.4, -0.2) is 6.04 Å². The maximum Gasteiger partial charge on any atom is 0.00504 e. The van der Waals surface area contributed by atoms with Crippen LogP contribution in [0.5, 0.6) is 0 Å². The Morgan fingerprint density at radius 3 is 1.94 bits per heavy atom. The first-order valence-electron chi connectivity index (χ1n) is 6.24. The molecule has 0 aromatic heterocycles. The number of rotatable bonds is 2. The van der Waals surface area contributed by atoms with Gasteiger partial charge in [0, 0.05) is 6.04 Å². The lowest BCUT2D eigenvalue weighted by Crippen LogP contribution is -2.34. The SMILES string of the molecule is NC1CC(c2ccc(-c3ccccc3)cc2)C1. The summed E-state index contributed by atoms with van der Waals surface area (Å²) in [6.07, 6.45) is 2.29. The molecule has 2 aromatic carbocycles. The van der Waals surface area contributed by atoms with Crippen molar-refractivity contribution in [3.05, 3.63) is 60.2 Å². The Hall–Kier alpha value is -1.60. The zero-order chi connectivity index (χ0) is 11.7. The first-order valence-corrected chi connectivity index (χ1v) is 6.24. The second kappa shape index (κ2) is 4.34. The summed E-state index contributed by atoms with van der Waals surface area (Å²) in [7, 11) is 0. The minimum absolute atomic E-state index is 0.425. The fourth-order valence-corrected chi connectivity index (χ4v) is 2.51. The van der Waals surface area contributed by atoms with Crippen molar-refractivity contribution in [3.8, 4) is 11.1 Å². The van der Waals surface area contributed by atoms with Gasteiger partial charge in [0.25, 0.3) is 0 Å². The van der Waals surface area contributed by atoms with E-state index in [2.05, 4.69) is 48.5 Å². The van der Waals surface area contributed by atoms with Gasteiger partial charge in [0.15, 0.2) is 0 Å². The first-order chi connectivity index (χ1) is 8.33. The average Bonchev–Trinajstić information content (AvgIpc) is 2.36. The Morgan fingerprint density at radius 2 is 1.35 bits per heavy atom. The van der Waals surface area contributed by atoms with Crippen molar-refractivity contribution in [2.45, 2.75) is 24.8 Å². The van der Waals surface area contributed by atoms with Crippen LogP contribution in [0.15, 0.2) is 54.6 Å². The van der Waals surface area contributed by atoms with E-state index in [0.29, 0.717) is 12.0 Å². The van der Waals surface area contributed by atoms with Gasteiger partial charge in [0.05, 0.1) is 0 Å². The molecule has 1 heteroatoms. The summed E-state index contributed by atoms with van der Waals surface area (Å²) >= 11 is 0. The molecular formula is C16H17N. The number of nitrogens with two attached hydrogens (primary N) is 1. The van der Waals surface area contributed by atoms with Crippen molar-refractivity contribution in [1.29, 1.82) is 0 Å². The first kappa shape index (κ1) is 10.5. The maximum atomic E-state index is 5.83. The molecule has 0 spiro atoms. The quantitative estimate of drug-likeness (QED) is 0.827. The molecule has 2 N–H and O–H groups in total. The van der Waals surface area contributed by atoms with Crippen molar-refractivity contribution in [1.82, 2.24) is 0 Å². The van der Waals surface area contributed by atoms with E-state index in [9.17, 15) is 0 Å². The fraction of sp³-hybridized carbons (Fsp3) is 0.250. The van der Waals surface area contributed by atoms with Crippen LogP contribution in [0.4, 0.5) is 0 Å². The Balaban J connectivity index is 1.81. The van der Waals surface area contributed by atoms with E-state index in [1.807, 2.05) is 6.07 Å². The minimum Gasteiger partial charge on any atom is -0.328 e. The molecule has 0 atom stereocenters. The molecule has 3 rings (SSSR count). The summed E-state index contributed by atoms with van der Waals surface area (Å²) in [4.78, 5) is 0. The predicted octanol–water partition coefficient (Wildman–Crippen LogP) is 3.56. The third-order valence-corrected chi connectivity index (χ3v) is 3.66. The Kier molecular flexibility index (Phi) is 2.69. The summed E-state index contributed by atoms with van der Waals surface area (Å²) in [6, 6.07) is 19.9. The minimum atomic E-state index is 0.425. The molecule has 0 amide bonds. The molecule has 1 fully saturated rings. The van der Waals surface area contributed by atoms with Gasteiger partial charge in [-0.3, -0.25) is 0 Å². The summed E-state index contributed by atoms with van der Waals surface area (Å²) in [6.45, 7) is 0. The number of hydrogen-bond donors (Lipinski definition) is 1. The molecule has 1 nitrogen and oxygen atoms in total. The van der Waals surface area contributed by atoms with Crippen molar-refractivity contribution >= 4 is 0 Å². The van der Waals surface area contributed by atoms with E-state index in [0.717, 1.165) is 12.8 Å². The highest BCUT2D eigenvalue weighted by molar-refractivity contribution is 5.63. The zero-order valence-corrected chi connectivity index (χ0v) is 9.84. The van der Waals surface area contributed by atoms with Crippen LogP contribution in [0, 0.1) is 0 Å². The monoisotopic (exact) mass is 223 g/mol. The Morgan fingerprint density at radius 1 is 0.765 bits per heavy atom. The normalized spacial score (nSPS) is 23.1. The third kappa shape index (κ3) is 2.11. The summed E-state index contributed by atoms with van der Waals surface area (Å²) in [5.74, 6) is 0.690. The molecule has 1 saturated carbocycles. The lowest BCUT2D eigenvalue weighted by atomic mass is 9.76. The van der Waals surface area contributed by atoms with Crippen molar-refractivity contribution in [2.75, 3.05) is 0 Å². The van der Waals surface area contributed by atoms with Crippen molar-refractivity contribution in [3.63, 3.8) is 0 Å². The van der Waals surface area contributed by atoms with Crippen LogP contribution >= 0.6 is 0 Å². The molecule has 0 unspecified atom stereocenters. The number of hydrogen-bond acceptors (Lipinski definition) is 1. The molecule has 1 aliphatic carbocycles. The zero-order valence-electron chi connectivity index (χ0n) is 9.84. The highest BCUT2D eigenvalue weighted by atomic mass is 14.7. The van der Waals surface area contributed by atoms with E-state index in [4.69, 9.17) is 5.73 Å². The van der Waals surface area contributed by atoms with Crippen molar-refractivity contribution < 1.29 is 0 Å². The van der Waals surface area contributed by atoms with E-state index >= 15 is 0 Å². The smallest absolute Gasteiger partial charge is 0.00504 e. The van der Waals surface area contributed by atoms with Crippen LogP contribution in [0.25, 0.3) is 11.1 Å². The van der Waals surface area contributed by atoms with Crippen molar-refractivity contribution in [2.24, 2.45) is 5.73 Å². The van der Waals surface area contributed by atoms with Gasteiger partial charge in [-0.25, -0.2) is 0 Å². The van der Waals surface area contributed by atoms with Crippen LogP contribution in [0.1, 0.15) is 24.3 Å². The fourth-order valence-electron chi connectivity index (χ4n) is 2.51. The Bertz CT molecular complexity index is 481. The highest BCUT2D eigenvalue weighted by Crippen LogP contribution is 2.36. The molecule has 0 aliphatic heterocycles. The lowest BCUT2D eigenvalue weighted by Gasteiger charge is -2.32. The van der Waals surface area contributed by atoms with E-state index in [1.165, 1.54) is 16.7 Å². The van der Waals surface area contributed by atoms with Gasteiger partial charge in [0.1, 0.15) is 0 Å². The third-order valence-electron chi connectivity index (χ3n) is 3.66. The van der Waals surface area contributed by atoms with Gasteiger partial charge < -0.3 is 5.73 Å². The molecular weight excluding hydrogens is 206 g/mol. The summed E-state index contributed by atoms with van der Waals surface area (Å²) in [5.41, 5.74) is 9.84.